The van der Waals surface area contributed by atoms with Crippen molar-refractivity contribution in [1.82, 2.24) is 73.7 Å². The number of carbonyl (C=O) groups excluding carboxylic acids is 6. The number of piperazine rings is 3. The van der Waals surface area contributed by atoms with Gasteiger partial charge in [-0.25, -0.2) is 47.0 Å². The number of hydrogen-bond acceptors (Lipinski definition) is 27. The van der Waals surface area contributed by atoms with E-state index in [0.717, 1.165) is 88.7 Å². The number of carbonyl (C=O) groups is 6. The highest BCUT2D eigenvalue weighted by atomic mass is 31.2. The van der Waals surface area contributed by atoms with Gasteiger partial charge in [-0.2, -0.15) is 24.7 Å². The minimum absolute atomic E-state index is 0.0284. The second-order valence-electron chi connectivity index (χ2n) is 39.2. The van der Waals surface area contributed by atoms with Gasteiger partial charge in [-0.1, -0.05) is 0 Å². The molecule has 9 heterocycles. The number of fused-ring (bicyclic) bond motifs is 6. The third kappa shape index (κ3) is 26.5. The van der Waals surface area contributed by atoms with Gasteiger partial charge in [-0.05, 0) is 252 Å². The van der Waals surface area contributed by atoms with E-state index in [1.165, 1.54) is 39.5 Å². The van der Waals surface area contributed by atoms with Crippen LogP contribution < -0.4 is 28.6 Å². The van der Waals surface area contributed by atoms with E-state index in [-0.39, 0.29) is 35.1 Å². The summed E-state index contributed by atoms with van der Waals surface area (Å²) in [5.74, 6) is 2.37. The molecule has 6 aromatic carbocycles. The molecule has 3 fully saturated rings. The average molecular weight is 1890 g/mol. The molecule has 2 unspecified atom stereocenters. The zero-order valence-corrected chi connectivity index (χ0v) is 81.5. The number of H-pyrrole nitrogens is 2. The normalized spacial score (nSPS) is 15.6. The van der Waals surface area contributed by atoms with Gasteiger partial charge in [-0.15, -0.1) is 0 Å². The number of aromatic amines is 2. The first kappa shape index (κ1) is 99.3. The van der Waals surface area contributed by atoms with Crippen LogP contribution in [-0.2, 0) is 37.6 Å². The molecule has 39 heteroatoms. The van der Waals surface area contributed by atoms with Gasteiger partial charge in [0.15, 0.2) is 0 Å². The number of amides is 2. The lowest BCUT2D eigenvalue weighted by Gasteiger charge is -2.35. The van der Waals surface area contributed by atoms with Gasteiger partial charge in [0.1, 0.15) is 105 Å². The summed E-state index contributed by atoms with van der Waals surface area (Å²) in [6.07, 6.45) is -3.37. The first-order valence-corrected chi connectivity index (χ1v) is 48.6. The van der Waals surface area contributed by atoms with Crippen LogP contribution in [0.2, 0.25) is 0 Å². The van der Waals surface area contributed by atoms with Crippen LogP contribution in [0.15, 0.2) is 127 Å². The highest BCUT2D eigenvalue weighted by Gasteiger charge is 2.35. The van der Waals surface area contributed by atoms with Crippen LogP contribution in [0.3, 0.4) is 0 Å². The van der Waals surface area contributed by atoms with E-state index in [4.69, 9.17) is 51.7 Å². The lowest BCUT2D eigenvalue weighted by atomic mass is 10.1. The van der Waals surface area contributed by atoms with E-state index in [0.29, 0.717) is 163 Å². The Morgan fingerprint density at radius 1 is 0.373 bits per heavy atom. The number of aromatic hydroxyl groups is 1. The summed E-state index contributed by atoms with van der Waals surface area (Å²) in [5.41, 5.74) is 1.95. The Hall–Kier alpha value is -12.2. The molecule has 720 valence electrons. The number of ether oxygens (including phenoxy) is 9. The molecule has 0 saturated carbocycles. The zero-order chi connectivity index (χ0) is 97.1. The van der Waals surface area contributed by atoms with Gasteiger partial charge in [0.2, 0.25) is 0 Å². The molecule has 0 aliphatic carbocycles. The molecule has 15 rings (SSSR count). The third-order valence-corrected chi connectivity index (χ3v) is 21.9. The molecule has 2 amide bonds. The first-order chi connectivity index (χ1) is 62.7. The molecular formula is C95H123N15O22P2. The Labute approximate surface area is 777 Å². The number of nitrogens with one attached hydrogen (secondary N) is 3. The molecule has 12 aromatic rings. The predicted octanol–water partition coefficient (Wildman–Crippen LogP) is 17.4. The van der Waals surface area contributed by atoms with Crippen molar-refractivity contribution in [2.45, 2.75) is 158 Å². The predicted molar refractivity (Wildman–Crippen MR) is 510 cm³/mol. The smallest absolute Gasteiger partial charge is 0.435 e. The van der Waals surface area contributed by atoms with Gasteiger partial charge >= 0.3 is 51.8 Å². The summed E-state index contributed by atoms with van der Waals surface area (Å²) >= 11 is 0. The maximum absolute atomic E-state index is 13.9. The molecule has 2 atom stereocenters. The SMILES string of the molecule is CC(C)(C)OC(=O)N1CCN(CCOc2ccc3c(c2)cc(-c2nn(C(=O)OC(C)(C)C)c4ccc(O)cc24)n3C(=O)OC(C)(C)C)CC1.CC(C)(C)OC(=O)N1CCN(CCOc2ccc3c(c2)cc(-c2nn(C(=O)OC(C)(C)C)c4ccc(OP(C)(=O)O)cc24)n3C(=O)OC(C)(C)C)CC1.CP(=O)(O)Oc1ccc2[nH]nc(-c3cc4cc(OCCN5CCNCC5)ccc4[nH]3)c2c1. The molecule has 0 spiro atoms. The van der Waals surface area contributed by atoms with Gasteiger partial charge < -0.3 is 86.7 Å². The highest BCUT2D eigenvalue weighted by Crippen LogP contribution is 2.45. The second kappa shape index (κ2) is 39.8. The molecule has 3 aliphatic rings. The van der Waals surface area contributed by atoms with Crippen molar-refractivity contribution in [3.05, 3.63) is 127 Å². The Kier molecular flexibility index (Phi) is 29.5. The Morgan fingerprint density at radius 2 is 0.724 bits per heavy atom. The lowest BCUT2D eigenvalue weighted by molar-refractivity contribution is 0.0127. The number of phenols is 1. The largest absolute Gasteiger partial charge is 0.508 e. The number of nitrogens with zero attached hydrogens (tertiary/aromatic N) is 12. The van der Waals surface area contributed by atoms with E-state index in [1.807, 2.05) is 71.9 Å². The monoisotopic (exact) mass is 1890 g/mol. The van der Waals surface area contributed by atoms with E-state index in [9.17, 15) is 52.8 Å². The summed E-state index contributed by atoms with van der Waals surface area (Å²) in [4.78, 5) is 112. The summed E-state index contributed by atoms with van der Waals surface area (Å²) < 4.78 is 91.3. The maximum Gasteiger partial charge on any atom is 0.435 e. The van der Waals surface area contributed by atoms with Gasteiger partial charge in [-0.3, -0.25) is 19.8 Å². The number of rotatable bonds is 19. The van der Waals surface area contributed by atoms with E-state index >= 15 is 0 Å². The topological polar surface area (TPSA) is 417 Å². The van der Waals surface area contributed by atoms with Crippen molar-refractivity contribution in [3.63, 3.8) is 0 Å². The summed E-state index contributed by atoms with van der Waals surface area (Å²) in [7, 11) is -7.58. The molecule has 37 nitrogen and oxygen atoms in total. The van der Waals surface area contributed by atoms with Crippen LogP contribution in [0.4, 0.5) is 28.8 Å². The number of benzene rings is 6. The van der Waals surface area contributed by atoms with Crippen molar-refractivity contribution in [2.24, 2.45) is 0 Å². The minimum Gasteiger partial charge on any atom is -0.508 e. The third-order valence-electron chi connectivity index (χ3n) is 20.8. The van der Waals surface area contributed by atoms with E-state index in [1.54, 1.807) is 160 Å². The van der Waals surface area contributed by atoms with E-state index in [2.05, 4.69) is 45.4 Å². The summed E-state index contributed by atoms with van der Waals surface area (Å²) in [6.45, 7) is 47.4. The van der Waals surface area contributed by atoms with Crippen LogP contribution in [0, 0.1) is 0 Å². The van der Waals surface area contributed by atoms with Crippen LogP contribution in [0.25, 0.3) is 99.6 Å². The van der Waals surface area contributed by atoms with Crippen molar-refractivity contribution in [3.8, 4) is 68.7 Å². The number of hydrogen-bond donors (Lipinski definition) is 6. The Bertz CT molecular complexity index is 6410. The number of aromatic nitrogens is 9. The lowest BCUT2D eigenvalue weighted by Crippen LogP contribution is -2.50. The second-order valence-corrected chi connectivity index (χ2v) is 42.8. The van der Waals surface area contributed by atoms with E-state index < -0.39 is 73.2 Å². The van der Waals surface area contributed by atoms with Crippen molar-refractivity contribution < 1.29 is 104 Å². The quantitative estimate of drug-likeness (QED) is 0.0323. The van der Waals surface area contributed by atoms with Crippen LogP contribution in [0.5, 0.6) is 34.5 Å². The Morgan fingerprint density at radius 3 is 1.15 bits per heavy atom. The fourth-order valence-corrected chi connectivity index (χ4v) is 16.2. The summed E-state index contributed by atoms with van der Waals surface area (Å²) in [5, 5.41) is 34.4. The number of phenolic OH excluding ortho intramolecular Hbond substituents is 1. The van der Waals surface area contributed by atoms with Crippen LogP contribution >= 0.6 is 15.2 Å². The zero-order valence-electron chi connectivity index (χ0n) is 79.7. The van der Waals surface area contributed by atoms with Gasteiger partial charge in [0.05, 0.1) is 44.7 Å². The fourth-order valence-electron chi connectivity index (χ4n) is 15.2. The first-order valence-electron chi connectivity index (χ1n) is 44.5. The maximum atomic E-state index is 13.9. The Balaban J connectivity index is 0.000000175. The molecule has 3 aliphatic heterocycles. The molecular weight excluding hydrogens is 1770 g/mol. The van der Waals surface area contributed by atoms with Gasteiger partial charge in [0, 0.05) is 149 Å². The van der Waals surface area contributed by atoms with Crippen molar-refractivity contribution in [1.29, 1.82) is 0 Å². The fraction of sp³-hybridized carbons (Fsp3) is 0.463. The van der Waals surface area contributed by atoms with Gasteiger partial charge in [0.25, 0.3) is 0 Å². The van der Waals surface area contributed by atoms with Crippen LogP contribution in [0.1, 0.15) is 125 Å². The van der Waals surface area contributed by atoms with Crippen molar-refractivity contribution in [2.75, 3.05) is 131 Å². The average Bonchev–Trinajstić information content (AvgIpc) is 1.59. The molecule has 0 radical (unpaired) electrons. The minimum atomic E-state index is -3.94. The molecule has 6 N–H and O–H groups in total. The molecule has 6 aromatic heterocycles. The molecule has 134 heavy (non-hydrogen) atoms. The molecule has 0 bridgehead atoms. The highest BCUT2D eigenvalue weighted by molar-refractivity contribution is 7.52. The van der Waals surface area contributed by atoms with Crippen molar-refractivity contribution >= 4 is 117 Å². The molecule has 3 saturated heterocycles. The summed E-state index contributed by atoms with van der Waals surface area (Å²) in [6, 6.07) is 36.4. The standard InChI is InChI=1S/C37H50N5O10P.C36H47N5O8.C22H26N5O4P/c1-35(2,3)49-32(43)40-17-15-39(16-18-40)19-20-48-25-11-13-28-24(21-25)22-30(41(28)33(44)50-36(4,5)6)31-27-23-26(52-53(10,46)47)12-14-29(27)42(38-31)34(45)51-37(7,8)9;1-34(2,3)47-31(43)39-16-14-38(15-17-39)18-19-46-25-11-13-27-23(20-25)21-29(40(27)32(44)48-35(4,5)6)30-26-22-24(42)10-12-28(26)41(37-30)33(45)49-36(7,8)9;1-32(28,29)31-17-3-5-20-18(14-17)22(26-25-20)21-13-15-12-16(2-4-19(15)24-21)30-11-10-27-8-6-23-7-9-27/h11-14,21-23H,15-20H2,1-10H3,(H,46,47);10-13,20-22,42H,14-19H2,1-9H3;2-5,12-14,23-24H,6-11H2,1H3,(H,25,26)(H,28,29). The van der Waals surface area contributed by atoms with Crippen LogP contribution in [-0.4, -0.2) is 285 Å².